The third-order valence-corrected chi connectivity index (χ3v) is 6.60. The highest BCUT2D eigenvalue weighted by Gasteiger charge is 2.31. The van der Waals surface area contributed by atoms with E-state index in [1.165, 1.54) is 41.9 Å². The Bertz CT molecular complexity index is 1380. The molecular weight excluding hydrogens is 525 g/mol. The highest BCUT2D eigenvalue weighted by atomic mass is 32.2. The fourth-order valence-corrected chi connectivity index (χ4v) is 4.69. The normalized spacial score (nSPS) is 15.8. The first-order valence-corrected chi connectivity index (χ1v) is 13.1. The zero-order valence-corrected chi connectivity index (χ0v) is 22.2. The van der Waals surface area contributed by atoms with Gasteiger partial charge in [0.05, 0.1) is 11.9 Å². The predicted molar refractivity (Wildman–Crippen MR) is 154 cm³/mol. The molecule has 39 heavy (non-hydrogen) atoms. The Morgan fingerprint density at radius 1 is 1.03 bits per heavy atom. The number of alkyl halides is 3. The summed E-state index contributed by atoms with van der Waals surface area (Å²) in [5.41, 5.74) is 10.4. The van der Waals surface area contributed by atoms with Crippen molar-refractivity contribution in [1.29, 1.82) is 0 Å². The molecule has 1 heterocycles. The second-order valence-corrected chi connectivity index (χ2v) is 9.83. The fourth-order valence-electron chi connectivity index (χ4n) is 3.78. The van der Waals surface area contributed by atoms with Gasteiger partial charge in [-0.25, -0.2) is 9.98 Å². The lowest BCUT2D eigenvalue weighted by molar-refractivity contribution is -0.274. The first kappa shape index (κ1) is 27.9. The maximum atomic E-state index is 12.3. The van der Waals surface area contributed by atoms with Gasteiger partial charge >= 0.3 is 6.36 Å². The molecule has 7 nitrogen and oxygen atoms in total. The number of hydrogen-bond acceptors (Lipinski definition) is 5. The van der Waals surface area contributed by atoms with Gasteiger partial charge in [0.25, 0.3) is 0 Å². The molecule has 1 saturated heterocycles. The summed E-state index contributed by atoms with van der Waals surface area (Å²) >= 11 is 1.68. The Morgan fingerprint density at radius 2 is 1.74 bits per heavy atom. The van der Waals surface area contributed by atoms with E-state index in [4.69, 9.17) is 5.73 Å². The van der Waals surface area contributed by atoms with Crippen LogP contribution < -0.4 is 15.4 Å². The summed E-state index contributed by atoms with van der Waals surface area (Å²) in [6.07, 6.45) is -1.82. The Morgan fingerprint density at radius 3 is 2.44 bits per heavy atom. The van der Waals surface area contributed by atoms with Crippen LogP contribution in [0, 0.1) is 0 Å². The number of anilines is 1. The Kier molecular flexibility index (Phi) is 9.03. The first-order valence-electron chi connectivity index (χ1n) is 12.1. The van der Waals surface area contributed by atoms with E-state index in [0.717, 1.165) is 23.0 Å². The van der Waals surface area contributed by atoms with E-state index in [0.29, 0.717) is 17.2 Å². The van der Waals surface area contributed by atoms with Crippen LogP contribution in [0.25, 0.3) is 0 Å². The molecule has 11 heteroatoms. The average Bonchev–Trinajstić information content (AvgIpc) is 3.37. The minimum Gasteiger partial charge on any atom is -0.406 e. The van der Waals surface area contributed by atoms with E-state index in [2.05, 4.69) is 61.9 Å². The third-order valence-electron chi connectivity index (χ3n) is 5.66. The highest BCUT2D eigenvalue weighted by molar-refractivity contribution is 8.14. The number of nitrogens with zero attached hydrogens (tertiary/aromatic N) is 5. The fraction of sp³-hybridized carbons (Fsp3) is 0.214. The van der Waals surface area contributed by atoms with Crippen LogP contribution in [0.2, 0.25) is 0 Å². The van der Waals surface area contributed by atoms with Gasteiger partial charge in [-0.1, -0.05) is 68.1 Å². The molecule has 3 aromatic carbocycles. The summed E-state index contributed by atoms with van der Waals surface area (Å²) in [5.74, 6) is 1.28. The van der Waals surface area contributed by atoms with Gasteiger partial charge in [-0.15, -0.1) is 18.3 Å². The van der Waals surface area contributed by atoms with Crippen LogP contribution in [-0.2, 0) is 0 Å². The molecule has 0 saturated carbocycles. The zero-order chi connectivity index (χ0) is 27.8. The second kappa shape index (κ2) is 12.6. The largest absolute Gasteiger partial charge is 0.573 e. The maximum Gasteiger partial charge on any atom is 0.573 e. The number of nitrogens with two attached hydrogens (primary N) is 1. The van der Waals surface area contributed by atoms with Crippen LogP contribution in [0.3, 0.4) is 0 Å². The number of ether oxygens (including phenoxy) is 1. The Labute approximate surface area is 229 Å². The lowest BCUT2D eigenvalue weighted by atomic mass is 10.0. The molecule has 1 aliphatic heterocycles. The van der Waals surface area contributed by atoms with Gasteiger partial charge in [-0.3, -0.25) is 0 Å². The first-order chi connectivity index (χ1) is 18.7. The van der Waals surface area contributed by atoms with Crippen molar-refractivity contribution in [2.75, 3.05) is 17.2 Å². The molecule has 0 aliphatic carbocycles. The minimum atomic E-state index is -4.74. The van der Waals surface area contributed by atoms with Gasteiger partial charge in [0, 0.05) is 23.5 Å². The monoisotopic (exact) mass is 552 g/mol. The van der Waals surface area contributed by atoms with Crippen molar-refractivity contribution in [3.8, 4) is 5.75 Å². The van der Waals surface area contributed by atoms with Crippen molar-refractivity contribution in [1.82, 2.24) is 0 Å². The summed E-state index contributed by atoms with van der Waals surface area (Å²) < 4.78 is 40.6. The van der Waals surface area contributed by atoms with Crippen molar-refractivity contribution < 1.29 is 17.9 Å². The van der Waals surface area contributed by atoms with Gasteiger partial charge < -0.3 is 15.4 Å². The molecule has 0 radical (unpaired) electrons. The Hall–Kier alpha value is -4.12. The SMILES string of the molecule is CC(C)c1ccccc1N1CCS/C1=N/N=C\c1ccc(C(N)=NC=Nc2ccc(OC(F)(F)F)cc2)cc1. The van der Waals surface area contributed by atoms with Gasteiger partial charge in [-0.05, 0) is 47.4 Å². The van der Waals surface area contributed by atoms with Crippen molar-refractivity contribution in [3.63, 3.8) is 0 Å². The summed E-state index contributed by atoms with van der Waals surface area (Å²) in [5, 5.41) is 9.65. The van der Waals surface area contributed by atoms with Crippen LogP contribution in [0.15, 0.2) is 93.0 Å². The van der Waals surface area contributed by atoms with E-state index in [-0.39, 0.29) is 11.6 Å². The number of para-hydroxylation sites is 1. The van der Waals surface area contributed by atoms with Crippen molar-refractivity contribution in [2.45, 2.75) is 26.1 Å². The van der Waals surface area contributed by atoms with E-state index in [1.807, 2.05) is 18.2 Å². The predicted octanol–water partition coefficient (Wildman–Crippen LogP) is 6.72. The molecule has 1 aliphatic rings. The van der Waals surface area contributed by atoms with Crippen LogP contribution in [0.5, 0.6) is 5.75 Å². The number of thioether (sulfide) groups is 1. The summed E-state index contributed by atoms with van der Waals surface area (Å²) in [4.78, 5) is 10.4. The van der Waals surface area contributed by atoms with Crippen molar-refractivity contribution >= 4 is 46.7 Å². The van der Waals surface area contributed by atoms with E-state index in [9.17, 15) is 13.2 Å². The van der Waals surface area contributed by atoms with Gasteiger partial charge in [0.15, 0.2) is 5.17 Å². The lowest BCUT2D eigenvalue weighted by Gasteiger charge is -2.22. The summed E-state index contributed by atoms with van der Waals surface area (Å²) in [6.45, 7) is 5.25. The molecule has 3 aromatic rings. The average molecular weight is 553 g/mol. The van der Waals surface area contributed by atoms with Gasteiger partial charge in [-0.2, -0.15) is 5.10 Å². The van der Waals surface area contributed by atoms with E-state index in [1.54, 1.807) is 30.1 Å². The van der Waals surface area contributed by atoms with Crippen LogP contribution in [-0.4, -0.2) is 42.2 Å². The summed E-state index contributed by atoms with van der Waals surface area (Å²) in [6, 6.07) is 20.8. The molecule has 2 N–H and O–H groups in total. The molecule has 1 fully saturated rings. The number of halogens is 3. The molecule has 0 unspecified atom stereocenters. The van der Waals surface area contributed by atoms with Crippen LogP contribution >= 0.6 is 11.8 Å². The molecule has 0 spiro atoms. The second-order valence-electron chi connectivity index (χ2n) is 8.76. The minimum absolute atomic E-state index is 0.237. The summed E-state index contributed by atoms with van der Waals surface area (Å²) in [7, 11) is 0. The number of hydrogen-bond donors (Lipinski definition) is 1. The lowest BCUT2D eigenvalue weighted by Crippen LogP contribution is -2.24. The molecule has 4 rings (SSSR count). The van der Waals surface area contributed by atoms with Crippen molar-refractivity contribution in [2.24, 2.45) is 25.9 Å². The number of aliphatic imine (C=N–C) groups is 2. The van der Waals surface area contributed by atoms with Crippen molar-refractivity contribution in [3.05, 3.63) is 89.5 Å². The third kappa shape index (κ3) is 7.93. The smallest absolute Gasteiger partial charge is 0.406 e. The molecule has 0 atom stereocenters. The molecule has 0 bridgehead atoms. The quantitative estimate of drug-likeness (QED) is 0.191. The van der Waals surface area contributed by atoms with E-state index < -0.39 is 6.36 Å². The van der Waals surface area contributed by atoms with Gasteiger partial charge in [0.1, 0.15) is 17.9 Å². The molecule has 0 amide bonds. The number of benzene rings is 3. The van der Waals surface area contributed by atoms with Crippen LogP contribution in [0.4, 0.5) is 24.5 Å². The number of rotatable bonds is 8. The van der Waals surface area contributed by atoms with E-state index >= 15 is 0 Å². The topological polar surface area (TPSA) is 87.9 Å². The molecule has 202 valence electrons. The van der Waals surface area contributed by atoms with Gasteiger partial charge in [0.2, 0.25) is 0 Å². The number of amidine groups is 2. The van der Waals surface area contributed by atoms with Crippen LogP contribution in [0.1, 0.15) is 36.5 Å². The highest BCUT2D eigenvalue weighted by Crippen LogP contribution is 2.32. The zero-order valence-electron chi connectivity index (χ0n) is 21.3. The maximum absolute atomic E-state index is 12.3. The molecule has 0 aromatic heterocycles. The standard InChI is InChI=1S/C28H27F3N6OS/c1-19(2)24-5-3-4-6-25(24)37-15-16-39-27(37)36-35-17-20-7-9-21(10-8-20)26(32)34-18-33-22-11-13-23(14-12-22)38-28(29,30)31/h3-14,17-19H,15-16H2,1-2H3,(H2,32,33,34)/b35-17-,36-27+. The molecular formula is C28H27F3N6OS. The Balaban J connectivity index is 1.37.